The van der Waals surface area contributed by atoms with Gasteiger partial charge < -0.3 is 0 Å². The summed E-state index contributed by atoms with van der Waals surface area (Å²) in [6, 6.07) is 17.4. The number of carbonyl (C=O) groups excluding carboxylic acids is 2. The summed E-state index contributed by atoms with van der Waals surface area (Å²) in [6.07, 6.45) is 1.55. The van der Waals surface area contributed by atoms with Crippen LogP contribution in [0.1, 0.15) is 28.4 Å². The third-order valence-electron chi connectivity index (χ3n) is 3.01. The summed E-state index contributed by atoms with van der Waals surface area (Å²) in [7, 11) is 0. The van der Waals surface area contributed by atoms with E-state index in [9.17, 15) is 9.59 Å². The summed E-state index contributed by atoms with van der Waals surface area (Å²) in [5, 5.41) is 8.76. The normalized spacial score (nSPS) is 10.8. The highest BCUT2D eigenvalue weighted by Crippen LogP contribution is 2.14. The van der Waals surface area contributed by atoms with E-state index in [4.69, 9.17) is 5.26 Å². The van der Waals surface area contributed by atoms with Crippen molar-refractivity contribution in [2.24, 2.45) is 0 Å². The number of Topliss-reactive ketones (excluding diaryl/α,β-unsaturated/α-hetero) is 2. The molecular weight excluding hydrogens is 262 g/mol. The number of nitriles is 1. The van der Waals surface area contributed by atoms with E-state index in [1.165, 1.54) is 6.92 Å². The summed E-state index contributed by atoms with van der Waals surface area (Å²) in [5.74, 6) is -0.583. The minimum Gasteiger partial charge on any atom is -0.294 e. The van der Waals surface area contributed by atoms with Crippen molar-refractivity contribution in [3.8, 4) is 6.07 Å². The van der Waals surface area contributed by atoms with Crippen molar-refractivity contribution in [1.82, 2.24) is 0 Å². The average Bonchev–Trinajstić information content (AvgIpc) is 2.53. The lowest BCUT2D eigenvalue weighted by Crippen LogP contribution is -2.10. The Morgan fingerprint density at radius 1 is 1.00 bits per heavy atom. The van der Waals surface area contributed by atoms with Crippen molar-refractivity contribution in [3.63, 3.8) is 0 Å². The van der Waals surface area contributed by atoms with Crippen LogP contribution in [0.2, 0.25) is 0 Å². The van der Waals surface area contributed by atoms with Gasteiger partial charge in [0.1, 0.15) is 0 Å². The van der Waals surface area contributed by atoms with Crippen molar-refractivity contribution in [1.29, 1.82) is 5.26 Å². The molecule has 0 spiro atoms. The van der Waals surface area contributed by atoms with E-state index in [-0.39, 0.29) is 17.1 Å². The first-order chi connectivity index (χ1) is 10.1. The fraction of sp³-hybridized carbons (Fsp3) is 0.0556. The molecule has 0 aromatic heterocycles. The predicted octanol–water partition coefficient (Wildman–Crippen LogP) is 3.41. The van der Waals surface area contributed by atoms with Gasteiger partial charge in [-0.05, 0) is 30.7 Å². The summed E-state index contributed by atoms with van der Waals surface area (Å²) < 4.78 is 0. The van der Waals surface area contributed by atoms with Crippen molar-refractivity contribution in [3.05, 3.63) is 76.9 Å². The van der Waals surface area contributed by atoms with Crippen LogP contribution in [0.15, 0.2) is 60.2 Å². The molecule has 0 amide bonds. The van der Waals surface area contributed by atoms with Crippen LogP contribution in [0.3, 0.4) is 0 Å². The lowest BCUT2D eigenvalue weighted by Gasteiger charge is -2.04. The van der Waals surface area contributed by atoms with Gasteiger partial charge in [0.25, 0.3) is 0 Å². The van der Waals surface area contributed by atoms with E-state index >= 15 is 0 Å². The number of benzene rings is 2. The molecule has 0 bridgehead atoms. The molecule has 0 heterocycles. The summed E-state index contributed by atoms with van der Waals surface area (Å²) in [6.45, 7) is 1.37. The van der Waals surface area contributed by atoms with Crippen LogP contribution in [0.25, 0.3) is 6.08 Å². The summed E-state index contributed by atoms with van der Waals surface area (Å²) in [5.41, 5.74) is 1.85. The minimum absolute atomic E-state index is 0.130. The molecule has 2 aromatic rings. The topological polar surface area (TPSA) is 57.9 Å². The highest BCUT2D eigenvalue weighted by atomic mass is 16.1. The van der Waals surface area contributed by atoms with Crippen molar-refractivity contribution in [2.75, 3.05) is 0 Å². The lowest BCUT2D eigenvalue weighted by molar-refractivity contribution is -0.113. The number of nitrogens with zero attached hydrogens (tertiary/aromatic N) is 1. The fourth-order valence-corrected chi connectivity index (χ4v) is 1.89. The largest absolute Gasteiger partial charge is 0.294 e. The van der Waals surface area contributed by atoms with Crippen molar-refractivity contribution >= 4 is 17.6 Å². The molecule has 0 N–H and O–H groups in total. The van der Waals surface area contributed by atoms with Crippen LogP contribution in [0, 0.1) is 11.3 Å². The van der Waals surface area contributed by atoms with Gasteiger partial charge in [-0.1, -0.05) is 42.5 Å². The second-order valence-corrected chi connectivity index (χ2v) is 4.54. The van der Waals surface area contributed by atoms with E-state index in [1.54, 1.807) is 54.6 Å². The zero-order valence-corrected chi connectivity index (χ0v) is 11.5. The molecule has 0 aliphatic heterocycles. The molecule has 3 nitrogen and oxygen atoms in total. The third kappa shape index (κ3) is 3.52. The molecule has 3 heteroatoms. The standard InChI is InChI=1S/C18H13NO2/c1-13(20)17(18(21)16-5-3-2-4-6-16)11-14-7-9-15(12-19)10-8-14/h2-11H,1H3. The Labute approximate surface area is 123 Å². The maximum absolute atomic E-state index is 12.4. The molecule has 0 atom stereocenters. The van der Waals surface area contributed by atoms with Crippen LogP contribution in [-0.4, -0.2) is 11.6 Å². The van der Waals surface area contributed by atoms with Crippen LogP contribution < -0.4 is 0 Å². The Morgan fingerprint density at radius 3 is 2.14 bits per heavy atom. The number of allylic oxidation sites excluding steroid dienone is 1. The van der Waals surface area contributed by atoms with E-state index in [0.29, 0.717) is 16.7 Å². The number of ketones is 2. The summed E-state index contributed by atoms with van der Waals surface area (Å²) >= 11 is 0. The van der Waals surface area contributed by atoms with E-state index in [2.05, 4.69) is 0 Å². The predicted molar refractivity (Wildman–Crippen MR) is 80.6 cm³/mol. The number of hydrogen-bond donors (Lipinski definition) is 0. The molecule has 102 valence electrons. The van der Waals surface area contributed by atoms with Gasteiger partial charge in [-0.3, -0.25) is 9.59 Å². The monoisotopic (exact) mass is 275 g/mol. The smallest absolute Gasteiger partial charge is 0.196 e. The average molecular weight is 275 g/mol. The Bertz CT molecular complexity index is 735. The first-order valence-corrected chi connectivity index (χ1v) is 6.44. The number of hydrogen-bond acceptors (Lipinski definition) is 3. The number of carbonyl (C=O) groups is 2. The highest BCUT2D eigenvalue weighted by molar-refractivity contribution is 6.28. The summed E-state index contributed by atoms with van der Waals surface area (Å²) in [4.78, 5) is 24.1. The van der Waals surface area contributed by atoms with E-state index < -0.39 is 0 Å². The molecule has 0 aliphatic carbocycles. The van der Waals surface area contributed by atoms with Gasteiger partial charge in [0.2, 0.25) is 0 Å². The van der Waals surface area contributed by atoms with E-state index in [0.717, 1.165) is 0 Å². The molecule has 0 radical (unpaired) electrons. The Hall–Kier alpha value is -2.99. The maximum atomic E-state index is 12.4. The molecule has 0 unspecified atom stereocenters. The molecule has 21 heavy (non-hydrogen) atoms. The third-order valence-corrected chi connectivity index (χ3v) is 3.01. The van der Waals surface area contributed by atoms with Crippen LogP contribution in [0.5, 0.6) is 0 Å². The molecule has 2 aromatic carbocycles. The second kappa shape index (κ2) is 6.44. The maximum Gasteiger partial charge on any atom is 0.196 e. The van der Waals surface area contributed by atoms with Crippen LogP contribution in [-0.2, 0) is 4.79 Å². The Morgan fingerprint density at radius 2 is 1.62 bits per heavy atom. The molecule has 0 saturated carbocycles. The van der Waals surface area contributed by atoms with Gasteiger partial charge in [-0.25, -0.2) is 0 Å². The first kappa shape index (κ1) is 14.4. The fourth-order valence-electron chi connectivity index (χ4n) is 1.89. The van der Waals surface area contributed by atoms with E-state index in [1.807, 2.05) is 12.1 Å². The number of rotatable bonds is 4. The molecular formula is C18H13NO2. The zero-order valence-electron chi connectivity index (χ0n) is 11.5. The Kier molecular flexibility index (Phi) is 4.43. The second-order valence-electron chi connectivity index (χ2n) is 4.54. The van der Waals surface area contributed by atoms with Gasteiger partial charge in [-0.2, -0.15) is 5.26 Å². The Balaban J connectivity index is 2.39. The lowest BCUT2D eigenvalue weighted by atomic mass is 9.98. The molecule has 2 rings (SSSR count). The van der Waals surface area contributed by atoms with Crippen molar-refractivity contribution < 1.29 is 9.59 Å². The van der Waals surface area contributed by atoms with Gasteiger partial charge in [0.15, 0.2) is 11.6 Å². The zero-order chi connectivity index (χ0) is 15.2. The molecule has 0 fully saturated rings. The first-order valence-electron chi connectivity index (χ1n) is 6.44. The molecule has 0 saturated heterocycles. The van der Waals surface area contributed by atoms with Gasteiger partial charge >= 0.3 is 0 Å². The van der Waals surface area contributed by atoms with Crippen LogP contribution in [0.4, 0.5) is 0 Å². The quantitative estimate of drug-likeness (QED) is 0.372. The molecule has 0 aliphatic rings. The SMILES string of the molecule is CC(=O)C(=Cc1ccc(C#N)cc1)C(=O)c1ccccc1. The van der Waals surface area contributed by atoms with Gasteiger partial charge in [0.05, 0.1) is 17.2 Å². The highest BCUT2D eigenvalue weighted by Gasteiger charge is 2.16. The van der Waals surface area contributed by atoms with Crippen LogP contribution >= 0.6 is 0 Å². The minimum atomic E-state index is -0.299. The van der Waals surface area contributed by atoms with Gasteiger partial charge in [-0.15, -0.1) is 0 Å². The van der Waals surface area contributed by atoms with Crippen molar-refractivity contribution in [2.45, 2.75) is 6.92 Å². The van der Waals surface area contributed by atoms with Gasteiger partial charge in [0, 0.05) is 5.56 Å².